The first-order valence-corrected chi connectivity index (χ1v) is 9.21. The lowest BCUT2D eigenvalue weighted by atomic mass is 9.95. The Morgan fingerprint density at radius 2 is 1.54 bits per heavy atom. The molecule has 0 saturated carbocycles. The van der Waals surface area contributed by atoms with E-state index in [0.717, 1.165) is 5.56 Å². The summed E-state index contributed by atoms with van der Waals surface area (Å²) in [7, 11) is 0. The molecule has 6 heteroatoms. The molecule has 2 aromatic carbocycles. The van der Waals surface area contributed by atoms with E-state index < -0.39 is 5.41 Å². The average Bonchev–Trinajstić information content (AvgIpc) is 2.61. The van der Waals surface area contributed by atoms with Crippen molar-refractivity contribution in [1.29, 1.82) is 0 Å². The van der Waals surface area contributed by atoms with Crippen molar-refractivity contribution in [3.63, 3.8) is 0 Å². The average molecular weight is 381 g/mol. The molecule has 148 valence electrons. The summed E-state index contributed by atoms with van der Waals surface area (Å²) in [4.78, 5) is 36.3. The molecule has 6 nitrogen and oxygen atoms in total. The van der Waals surface area contributed by atoms with E-state index in [9.17, 15) is 14.4 Å². The molecule has 0 heterocycles. The highest BCUT2D eigenvalue weighted by atomic mass is 16.2. The summed E-state index contributed by atoms with van der Waals surface area (Å²) in [6, 6.07) is 14.2. The fourth-order valence-corrected chi connectivity index (χ4v) is 2.39. The van der Waals surface area contributed by atoms with Crippen LogP contribution in [-0.4, -0.2) is 24.3 Å². The van der Waals surface area contributed by atoms with Crippen molar-refractivity contribution in [1.82, 2.24) is 5.32 Å². The van der Waals surface area contributed by atoms with Gasteiger partial charge in [-0.1, -0.05) is 44.5 Å². The first-order valence-electron chi connectivity index (χ1n) is 9.21. The number of carbonyl (C=O) groups excluding carboxylic acids is 3. The topological polar surface area (TPSA) is 87.3 Å². The van der Waals surface area contributed by atoms with Gasteiger partial charge in [-0.05, 0) is 37.3 Å². The summed E-state index contributed by atoms with van der Waals surface area (Å²) in [5.74, 6) is -0.526. The number of aryl methyl sites for hydroxylation is 1. The summed E-state index contributed by atoms with van der Waals surface area (Å²) in [5, 5.41) is 8.34. The molecule has 2 rings (SSSR count). The normalized spacial score (nSPS) is 10.9. The van der Waals surface area contributed by atoms with Gasteiger partial charge in [-0.3, -0.25) is 14.4 Å². The van der Waals surface area contributed by atoms with E-state index in [4.69, 9.17) is 0 Å². The number of anilines is 2. The number of hydrogen-bond acceptors (Lipinski definition) is 3. The van der Waals surface area contributed by atoms with E-state index in [-0.39, 0.29) is 30.7 Å². The number of nitrogens with one attached hydrogen (secondary N) is 3. The zero-order valence-electron chi connectivity index (χ0n) is 16.8. The summed E-state index contributed by atoms with van der Waals surface area (Å²) < 4.78 is 0. The Kier molecular flexibility index (Phi) is 6.93. The second kappa shape index (κ2) is 9.17. The van der Waals surface area contributed by atoms with E-state index >= 15 is 0 Å². The molecular weight excluding hydrogens is 354 g/mol. The lowest BCUT2D eigenvalue weighted by Crippen LogP contribution is -2.28. The molecule has 0 bridgehead atoms. The van der Waals surface area contributed by atoms with Gasteiger partial charge in [0.1, 0.15) is 0 Å². The van der Waals surface area contributed by atoms with Crippen LogP contribution >= 0.6 is 0 Å². The monoisotopic (exact) mass is 381 g/mol. The van der Waals surface area contributed by atoms with Crippen molar-refractivity contribution in [2.45, 2.75) is 34.1 Å². The Bertz CT molecular complexity index is 869. The molecule has 2 aromatic rings. The minimum absolute atomic E-state index is 0.102. The van der Waals surface area contributed by atoms with Crippen molar-refractivity contribution < 1.29 is 14.4 Å². The smallest absolute Gasteiger partial charge is 0.251 e. The number of rotatable bonds is 6. The van der Waals surface area contributed by atoms with Gasteiger partial charge in [-0.25, -0.2) is 0 Å². The molecule has 0 aromatic heterocycles. The van der Waals surface area contributed by atoms with Crippen LogP contribution in [0.1, 0.15) is 43.1 Å². The van der Waals surface area contributed by atoms with Crippen LogP contribution in [0.5, 0.6) is 0 Å². The molecule has 0 radical (unpaired) electrons. The van der Waals surface area contributed by atoms with Gasteiger partial charge in [0.15, 0.2) is 0 Å². The number of carbonyl (C=O) groups is 3. The third-order valence-corrected chi connectivity index (χ3v) is 4.00. The summed E-state index contributed by atoms with van der Waals surface area (Å²) in [6.45, 7) is 7.65. The van der Waals surface area contributed by atoms with Crippen molar-refractivity contribution in [2.24, 2.45) is 5.41 Å². The Morgan fingerprint density at radius 1 is 0.893 bits per heavy atom. The van der Waals surface area contributed by atoms with Gasteiger partial charge in [0.05, 0.1) is 0 Å². The lowest BCUT2D eigenvalue weighted by Gasteiger charge is -2.18. The van der Waals surface area contributed by atoms with Crippen LogP contribution in [0.25, 0.3) is 0 Å². The first-order chi connectivity index (χ1) is 13.1. The predicted molar refractivity (Wildman–Crippen MR) is 111 cm³/mol. The quantitative estimate of drug-likeness (QED) is 0.712. The third-order valence-electron chi connectivity index (χ3n) is 4.00. The predicted octanol–water partition coefficient (Wildman–Crippen LogP) is 3.74. The highest BCUT2D eigenvalue weighted by Gasteiger charge is 2.21. The molecular formula is C22H27N3O3. The second-order valence-electron chi connectivity index (χ2n) is 7.71. The van der Waals surface area contributed by atoms with Crippen LogP contribution in [-0.2, 0) is 9.59 Å². The zero-order valence-corrected chi connectivity index (χ0v) is 16.8. The SMILES string of the molecule is Cc1cccc(C(=O)NCCC(=O)Nc2cccc(NC(=O)C(C)(C)C)c2)c1. The Morgan fingerprint density at radius 3 is 2.18 bits per heavy atom. The number of benzene rings is 2. The van der Waals surface area contributed by atoms with Crippen LogP contribution in [0.3, 0.4) is 0 Å². The maximum absolute atomic E-state index is 12.1. The molecule has 28 heavy (non-hydrogen) atoms. The molecule has 0 fully saturated rings. The van der Waals surface area contributed by atoms with Crippen molar-refractivity contribution in [3.8, 4) is 0 Å². The molecule has 0 unspecified atom stereocenters. The standard InChI is InChI=1S/C22H27N3O3/c1-15-7-5-8-16(13-15)20(27)23-12-11-19(26)24-17-9-6-10-18(14-17)25-21(28)22(2,3)4/h5-10,13-14H,11-12H2,1-4H3,(H,23,27)(H,24,26)(H,25,28). The number of hydrogen-bond donors (Lipinski definition) is 3. The minimum atomic E-state index is -0.505. The molecule has 0 aliphatic heterocycles. The lowest BCUT2D eigenvalue weighted by molar-refractivity contribution is -0.123. The molecule has 0 spiro atoms. The Balaban J connectivity index is 1.84. The van der Waals surface area contributed by atoms with Gasteiger partial charge in [0, 0.05) is 35.3 Å². The van der Waals surface area contributed by atoms with Crippen LogP contribution in [0.4, 0.5) is 11.4 Å². The van der Waals surface area contributed by atoms with Gasteiger partial charge in [0.25, 0.3) is 5.91 Å². The highest BCUT2D eigenvalue weighted by Crippen LogP contribution is 2.20. The minimum Gasteiger partial charge on any atom is -0.352 e. The third kappa shape index (κ3) is 6.54. The summed E-state index contributed by atoms with van der Waals surface area (Å²) >= 11 is 0. The maximum Gasteiger partial charge on any atom is 0.251 e. The van der Waals surface area contributed by atoms with Gasteiger partial charge in [-0.15, -0.1) is 0 Å². The molecule has 0 aliphatic rings. The Labute approximate surface area is 165 Å². The zero-order chi connectivity index (χ0) is 20.7. The molecule has 0 saturated heterocycles. The summed E-state index contributed by atoms with van der Waals surface area (Å²) in [5.41, 5.74) is 2.27. The van der Waals surface area contributed by atoms with Crippen LogP contribution in [0, 0.1) is 12.3 Å². The second-order valence-corrected chi connectivity index (χ2v) is 7.71. The molecule has 3 N–H and O–H groups in total. The van der Waals surface area contributed by atoms with Crippen LogP contribution in [0.2, 0.25) is 0 Å². The molecule has 3 amide bonds. The van der Waals surface area contributed by atoms with E-state index in [1.807, 2.05) is 39.8 Å². The largest absolute Gasteiger partial charge is 0.352 e. The van der Waals surface area contributed by atoms with Crippen molar-refractivity contribution in [2.75, 3.05) is 17.2 Å². The van der Waals surface area contributed by atoms with Gasteiger partial charge in [-0.2, -0.15) is 0 Å². The van der Waals surface area contributed by atoms with E-state index in [0.29, 0.717) is 16.9 Å². The molecule has 0 atom stereocenters. The van der Waals surface area contributed by atoms with E-state index in [1.54, 1.807) is 36.4 Å². The Hall–Kier alpha value is -3.15. The highest BCUT2D eigenvalue weighted by molar-refractivity contribution is 5.97. The number of amides is 3. The fourth-order valence-electron chi connectivity index (χ4n) is 2.39. The summed E-state index contributed by atoms with van der Waals surface area (Å²) in [6.07, 6.45) is 0.149. The molecule has 0 aliphatic carbocycles. The van der Waals surface area contributed by atoms with E-state index in [1.165, 1.54) is 0 Å². The van der Waals surface area contributed by atoms with Crippen LogP contribution < -0.4 is 16.0 Å². The van der Waals surface area contributed by atoms with Crippen LogP contribution in [0.15, 0.2) is 48.5 Å². The van der Waals surface area contributed by atoms with Gasteiger partial charge in [0.2, 0.25) is 11.8 Å². The van der Waals surface area contributed by atoms with Gasteiger partial charge < -0.3 is 16.0 Å². The van der Waals surface area contributed by atoms with Crippen molar-refractivity contribution >= 4 is 29.1 Å². The maximum atomic E-state index is 12.1. The first kappa shape index (κ1) is 21.2. The van der Waals surface area contributed by atoms with Crippen molar-refractivity contribution in [3.05, 3.63) is 59.7 Å². The van der Waals surface area contributed by atoms with Gasteiger partial charge >= 0.3 is 0 Å². The van der Waals surface area contributed by atoms with E-state index in [2.05, 4.69) is 16.0 Å². The fraction of sp³-hybridized carbons (Fsp3) is 0.318.